The average Bonchev–Trinajstić information content (AvgIpc) is 2.89. The van der Waals surface area contributed by atoms with Crippen LogP contribution in [0.1, 0.15) is 37.0 Å². The second-order valence-corrected chi connectivity index (χ2v) is 9.50. The average molecular weight is 538 g/mol. The van der Waals surface area contributed by atoms with Gasteiger partial charge in [0.15, 0.2) is 18.1 Å². The number of nitrogens with one attached hydrogen (secondary N) is 2. The Morgan fingerprint density at radius 2 is 1.62 bits per heavy atom. The highest BCUT2D eigenvalue weighted by atomic mass is 32.2. The van der Waals surface area contributed by atoms with E-state index in [-0.39, 0.29) is 10.5 Å². The summed E-state index contributed by atoms with van der Waals surface area (Å²) in [5.74, 6) is -0.851. The maximum Gasteiger partial charge on any atom is 0.338 e. The predicted molar refractivity (Wildman–Crippen MR) is 134 cm³/mol. The number of hydrogen-bond donors (Lipinski definition) is 2. The van der Waals surface area contributed by atoms with E-state index in [1.54, 1.807) is 18.2 Å². The molecule has 2 N–H and O–H groups in total. The topological polar surface area (TPSA) is 150 Å². The second-order valence-electron chi connectivity index (χ2n) is 7.56. The summed E-state index contributed by atoms with van der Waals surface area (Å²) in [5, 5.41) is 4.55. The number of sulfonamides is 1. The monoisotopic (exact) mass is 537 g/mol. The number of anilines is 1. The fourth-order valence-electron chi connectivity index (χ4n) is 2.81. The molecule has 0 aliphatic carbocycles. The van der Waals surface area contributed by atoms with E-state index in [1.807, 2.05) is 19.2 Å². The minimum Gasteiger partial charge on any atom is -0.490 e. The number of carbonyl (C=O) groups is 3. The molecule has 0 radical (unpaired) electrons. The zero-order valence-corrected chi connectivity index (χ0v) is 21.9. The van der Waals surface area contributed by atoms with Gasteiger partial charge in [0.05, 0.1) is 30.8 Å². The van der Waals surface area contributed by atoms with Crippen LogP contribution in [0.4, 0.5) is 10.5 Å². The molecule has 202 valence electrons. The van der Waals surface area contributed by atoms with Crippen LogP contribution < -0.4 is 20.1 Å². The summed E-state index contributed by atoms with van der Waals surface area (Å²) in [7, 11) is -1.60. The smallest absolute Gasteiger partial charge is 0.338 e. The summed E-state index contributed by atoms with van der Waals surface area (Å²) in [6.07, 6.45) is 1.60. The standard InChI is InChI=1S/C24H31N3O9S/c1-5-12-34-20-11-10-18(15-21(20)35-13-6-2)25-24(30)26-22(28)16-36-23(29)17-8-7-9-19(14-17)37(31,32)27(3)33-4/h7-11,14-15H,5-6,12-13,16H2,1-4H3,(H2,25,26,28,30). The Labute approximate surface area is 215 Å². The molecule has 12 nitrogen and oxygen atoms in total. The van der Waals surface area contributed by atoms with Crippen molar-refractivity contribution in [2.75, 3.05) is 39.3 Å². The number of amides is 3. The fourth-order valence-corrected chi connectivity index (χ4v) is 3.83. The van der Waals surface area contributed by atoms with E-state index >= 15 is 0 Å². The van der Waals surface area contributed by atoms with Crippen LogP contribution in [0, 0.1) is 0 Å². The zero-order valence-electron chi connectivity index (χ0n) is 21.1. The van der Waals surface area contributed by atoms with Gasteiger partial charge in [-0.15, -0.1) is 0 Å². The van der Waals surface area contributed by atoms with Crippen molar-refractivity contribution in [3.8, 4) is 11.5 Å². The van der Waals surface area contributed by atoms with Crippen LogP contribution in [-0.4, -0.2) is 64.8 Å². The summed E-state index contributed by atoms with van der Waals surface area (Å²) < 4.78 is 41.5. The van der Waals surface area contributed by atoms with Gasteiger partial charge in [0.2, 0.25) is 0 Å². The van der Waals surface area contributed by atoms with Crippen LogP contribution in [0.15, 0.2) is 47.4 Å². The van der Waals surface area contributed by atoms with Gasteiger partial charge in [0, 0.05) is 18.8 Å². The zero-order chi connectivity index (χ0) is 27.4. The number of urea groups is 1. The largest absolute Gasteiger partial charge is 0.490 e. The van der Waals surface area contributed by atoms with Crippen LogP contribution >= 0.6 is 0 Å². The lowest BCUT2D eigenvalue weighted by molar-refractivity contribution is -0.123. The second kappa shape index (κ2) is 14.2. The van der Waals surface area contributed by atoms with E-state index in [1.165, 1.54) is 32.4 Å². The number of imide groups is 1. The van der Waals surface area contributed by atoms with Gasteiger partial charge in [-0.25, -0.2) is 18.0 Å². The van der Waals surface area contributed by atoms with Crippen LogP contribution in [0.5, 0.6) is 11.5 Å². The molecule has 0 aliphatic heterocycles. The van der Waals surface area contributed by atoms with Crippen molar-refractivity contribution in [2.45, 2.75) is 31.6 Å². The molecule has 0 saturated carbocycles. The lowest BCUT2D eigenvalue weighted by atomic mass is 10.2. The molecule has 0 atom stereocenters. The van der Waals surface area contributed by atoms with Crippen molar-refractivity contribution >= 4 is 33.6 Å². The maximum absolute atomic E-state index is 12.3. The molecule has 2 aromatic rings. The van der Waals surface area contributed by atoms with Crippen molar-refractivity contribution in [1.82, 2.24) is 9.79 Å². The molecule has 0 aromatic heterocycles. The number of hydroxylamine groups is 1. The molecule has 0 fully saturated rings. The first-order valence-electron chi connectivity index (χ1n) is 11.4. The van der Waals surface area contributed by atoms with E-state index in [0.717, 1.165) is 18.9 Å². The minimum absolute atomic E-state index is 0.104. The van der Waals surface area contributed by atoms with Crippen molar-refractivity contribution in [3.63, 3.8) is 0 Å². The number of nitrogens with zero attached hydrogens (tertiary/aromatic N) is 1. The van der Waals surface area contributed by atoms with E-state index in [0.29, 0.717) is 34.9 Å². The fraction of sp³-hybridized carbons (Fsp3) is 0.375. The molecular weight excluding hydrogens is 506 g/mol. The Bertz CT molecular complexity index is 1200. The maximum atomic E-state index is 12.3. The van der Waals surface area contributed by atoms with Crippen molar-refractivity contribution < 1.29 is 41.8 Å². The summed E-state index contributed by atoms with van der Waals surface area (Å²) in [4.78, 5) is 41.1. The van der Waals surface area contributed by atoms with Crippen molar-refractivity contribution in [1.29, 1.82) is 0 Å². The molecule has 3 amide bonds. The predicted octanol–water partition coefficient (Wildman–Crippen LogP) is 2.95. The molecule has 0 aliphatic rings. The summed E-state index contributed by atoms with van der Waals surface area (Å²) in [5.41, 5.74) is 0.254. The number of benzene rings is 2. The molecule has 0 bridgehead atoms. The Morgan fingerprint density at radius 1 is 0.946 bits per heavy atom. The Morgan fingerprint density at radius 3 is 2.27 bits per heavy atom. The van der Waals surface area contributed by atoms with E-state index in [4.69, 9.17) is 19.0 Å². The van der Waals surface area contributed by atoms with Crippen LogP contribution in [0.25, 0.3) is 0 Å². The van der Waals surface area contributed by atoms with Crippen LogP contribution in [-0.2, 0) is 24.4 Å². The lowest BCUT2D eigenvalue weighted by Gasteiger charge is -2.14. The SMILES string of the molecule is CCCOc1ccc(NC(=O)NC(=O)COC(=O)c2cccc(S(=O)(=O)N(C)OC)c2)cc1OCCC. The van der Waals surface area contributed by atoms with Crippen molar-refractivity contribution in [2.24, 2.45) is 0 Å². The third-order valence-electron chi connectivity index (χ3n) is 4.68. The molecule has 2 rings (SSSR count). The number of ether oxygens (including phenoxy) is 3. The highest BCUT2D eigenvalue weighted by molar-refractivity contribution is 7.89. The quantitative estimate of drug-likeness (QED) is 0.290. The molecule has 0 saturated heterocycles. The third kappa shape index (κ3) is 8.74. The molecule has 13 heteroatoms. The summed E-state index contributed by atoms with van der Waals surface area (Å²) >= 11 is 0. The number of esters is 1. The summed E-state index contributed by atoms with van der Waals surface area (Å²) in [6.45, 7) is 4.13. The molecule has 2 aromatic carbocycles. The molecule has 0 heterocycles. The highest BCUT2D eigenvalue weighted by Gasteiger charge is 2.22. The van der Waals surface area contributed by atoms with Crippen LogP contribution in [0.3, 0.4) is 0 Å². The van der Waals surface area contributed by atoms with Crippen molar-refractivity contribution in [3.05, 3.63) is 48.0 Å². The number of carbonyl (C=O) groups excluding carboxylic acids is 3. The Hall–Kier alpha value is -3.68. The van der Waals surface area contributed by atoms with Gasteiger partial charge >= 0.3 is 12.0 Å². The van der Waals surface area contributed by atoms with E-state index in [9.17, 15) is 22.8 Å². The first-order chi connectivity index (χ1) is 17.6. The first-order valence-corrected chi connectivity index (χ1v) is 12.9. The Balaban J connectivity index is 1.95. The molecule has 0 spiro atoms. The normalized spacial score (nSPS) is 11.1. The minimum atomic E-state index is -3.98. The van der Waals surface area contributed by atoms with Gasteiger partial charge in [-0.1, -0.05) is 24.4 Å². The van der Waals surface area contributed by atoms with Gasteiger partial charge in [0.25, 0.3) is 15.9 Å². The highest BCUT2D eigenvalue weighted by Crippen LogP contribution is 2.31. The lowest BCUT2D eigenvalue weighted by Crippen LogP contribution is -2.37. The summed E-state index contributed by atoms with van der Waals surface area (Å²) in [6, 6.07) is 9.01. The molecule has 37 heavy (non-hydrogen) atoms. The van der Waals surface area contributed by atoms with E-state index < -0.39 is 34.5 Å². The first kappa shape index (κ1) is 29.5. The van der Waals surface area contributed by atoms with Gasteiger partial charge in [-0.05, 0) is 43.2 Å². The molecule has 0 unspecified atom stereocenters. The van der Waals surface area contributed by atoms with Crippen LogP contribution in [0.2, 0.25) is 0 Å². The van der Waals surface area contributed by atoms with Gasteiger partial charge in [0.1, 0.15) is 0 Å². The number of rotatable bonds is 13. The van der Waals surface area contributed by atoms with E-state index in [2.05, 4.69) is 5.32 Å². The van der Waals surface area contributed by atoms with Gasteiger partial charge < -0.3 is 19.5 Å². The van der Waals surface area contributed by atoms with Gasteiger partial charge in [-0.2, -0.15) is 0 Å². The Kier molecular flexibility index (Phi) is 11.3. The van der Waals surface area contributed by atoms with Gasteiger partial charge in [-0.3, -0.25) is 14.9 Å². The number of hydrogen-bond acceptors (Lipinski definition) is 9. The molecular formula is C24H31N3O9S. The third-order valence-corrected chi connectivity index (χ3v) is 6.35.